The van der Waals surface area contributed by atoms with E-state index in [1.165, 1.54) is 0 Å². The molecular weight excluding hydrogens is 332 g/mol. The Hall–Kier alpha value is -2.83. The van der Waals surface area contributed by atoms with Crippen LogP contribution in [0.2, 0.25) is 0 Å². The summed E-state index contributed by atoms with van der Waals surface area (Å²) in [4.78, 5) is 34.1. The minimum absolute atomic E-state index is 0.0167. The fraction of sp³-hybridized carbons (Fsp3) is 0.421. The van der Waals surface area contributed by atoms with Gasteiger partial charge in [0.05, 0.1) is 25.2 Å². The average Bonchev–Trinajstić information content (AvgIpc) is 3.27. The molecule has 0 unspecified atom stereocenters. The third kappa shape index (κ3) is 3.16. The van der Waals surface area contributed by atoms with Gasteiger partial charge in [-0.3, -0.25) is 9.59 Å². The number of benzene rings is 1. The number of ether oxygens (including phenoxy) is 1. The van der Waals surface area contributed by atoms with Crippen LogP contribution in [-0.2, 0) is 22.4 Å². The van der Waals surface area contributed by atoms with Crippen molar-refractivity contribution in [2.24, 2.45) is 5.92 Å². The van der Waals surface area contributed by atoms with Gasteiger partial charge in [-0.1, -0.05) is 6.07 Å². The van der Waals surface area contributed by atoms with Crippen molar-refractivity contribution in [3.05, 3.63) is 42.0 Å². The lowest BCUT2D eigenvalue weighted by molar-refractivity contribution is -0.126. The maximum atomic E-state index is 12.6. The summed E-state index contributed by atoms with van der Waals surface area (Å²) >= 11 is 0. The van der Waals surface area contributed by atoms with Crippen molar-refractivity contribution in [3.8, 4) is 5.75 Å². The lowest BCUT2D eigenvalue weighted by Gasteiger charge is -2.23. The highest BCUT2D eigenvalue weighted by Gasteiger charge is 2.34. The number of aromatic nitrogens is 2. The highest BCUT2D eigenvalue weighted by atomic mass is 16.5. The van der Waals surface area contributed by atoms with Crippen LogP contribution >= 0.6 is 0 Å². The van der Waals surface area contributed by atoms with E-state index in [0.29, 0.717) is 25.1 Å². The number of nitrogens with one attached hydrogen (secondary N) is 2. The summed E-state index contributed by atoms with van der Waals surface area (Å²) in [5.41, 5.74) is 2.91. The average molecular weight is 354 g/mol. The molecule has 1 saturated heterocycles. The molecule has 0 bridgehead atoms. The summed E-state index contributed by atoms with van der Waals surface area (Å²) < 4.78 is 5.23. The monoisotopic (exact) mass is 354 g/mol. The number of nitrogens with zero attached hydrogens (tertiary/aromatic N) is 2. The first-order valence-electron chi connectivity index (χ1n) is 8.90. The predicted molar refractivity (Wildman–Crippen MR) is 96.0 cm³/mol. The number of amides is 2. The van der Waals surface area contributed by atoms with E-state index in [1.54, 1.807) is 18.3 Å². The fourth-order valence-corrected chi connectivity index (χ4v) is 3.78. The number of H-pyrrole nitrogens is 1. The number of hydrogen-bond acceptors (Lipinski definition) is 4. The van der Waals surface area contributed by atoms with Crippen LogP contribution in [-0.4, -0.2) is 41.5 Å². The van der Waals surface area contributed by atoms with E-state index < -0.39 is 0 Å². The molecule has 26 heavy (non-hydrogen) atoms. The molecule has 1 aliphatic carbocycles. The summed E-state index contributed by atoms with van der Waals surface area (Å²) in [7, 11) is 1.60. The van der Waals surface area contributed by atoms with Crippen molar-refractivity contribution in [3.63, 3.8) is 0 Å². The Morgan fingerprint density at radius 3 is 3.12 bits per heavy atom. The first-order valence-corrected chi connectivity index (χ1v) is 8.90. The normalized spacial score (nSPS) is 22.2. The van der Waals surface area contributed by atoms with Crippen LogP contribution in [0, 0.1) is 5.92 Å². The van der Waals surface area contributed by atoms with E-state index in [9.17, 15) is 9.59 Å². The molecule has 0 spiro atoms. The zero-order chi connectivity index (χ0) is 18.1. The van der Waals surface area contributed by atoms with Gasteiger partial charge in [0.15, 0.2) is 0 Å². The Morgan fingerprint density at radius 2 is 2.27 bits per heavy atom. The molecule has 2 aromatic rings. The molecule has 1 aliphatic heterocycles. The van der Waals surface area contributed by atoms with Crippen LogP contribution in [0.1, 0.15) is 24.2 Å². The lowest BCUT2D eigenvalue weighted by Crippen LogP contribution is -2.42. The molecule has 1 fully saturated rings. The number of anilines is 1. The number of aryl methyl sites for hydroxylation is 1. The van der Waals surface area contributed by atoms with E-state index in [1.807, 2.05) is 24.3 Å². The summed E-state index contributed by atoms with van der Waals surface area (Å²) in [5, 5.41) is 3.06. The van der Waals surface area contributed by atoms with Crippen molar-refractivity contribution in [1.82, 2.24) is 15.3 Å². The van der Waals surface area contributed by atoms with Gasteiger partial charge in [0, 0.05) is 42.8 Å². The molecule has 2 aliphatic rings. The van der Waals surface area contributed by atoms with E-state index in [2.05, 4.69) is 15.3 Å². The summed E-state index contributed by atoms with van der Waals surface area (Å²) in [6.45, 7) is 0.486. The first-order chi connectivity index (χ1) is 12.6. The molecule has 7 nitrogen and oxygen atoms in total. The standard InChI is InChI=1S/C19H22N4O3/c1-26-15-4-2-3-14(9-15)23-10-13(8-18(23)24)22-19(25)12-5-6-16-17(7-12)21-11-20-16/h2-4,9,11-13H,5-8,10H2,1H3,(H,20,21)(H,22,25)/t12-,13+/m1/s1. The highest BCUT2D eigenvalue weighted by Crippen LogP contribution is 2.27. The number of carbonyl (C=O) groups excluding carboxylic acids is 2. The second kappa shape index (κ2) is 6.82. The van der Waals surface area contributed by atoms with Crippen molar-refractivity contribution in [2.45, 2.75) is 31.7 Å². The Morgan fingerprint density at radius 1 is 1.38 bits per heavy atom. The number of imidazole rings is 1. The van der Waals surface area contributed by atoms with Gasteiger partial charge in [-0.25, -0.2) is 4.98 Å². The second-order valence-corrected chi connectivity index (χ2v) is 6.88. The maximum Gasteiger partial charge on any atom is 0.229 e. The quantitative estimate of drug-likeness (QED) is 0.870. The van der Waals surface area contributed by atoms with Gasteiger partial charge in [-0.05, 0) is 25.0 Å². The molecule has 2 heterocycles. The second-order valence-electron chi connectivity index (χ2n) is 6.88. The Balaban J connectivity index is 1.39. The van der Waals surface area contributed by atoms with Gasteiger partial charge in [0.25, 0.3) is 0 Å². The minimum Gasteiger partial charge on any atom is -0.497 e. The SMILES string of the molecule is COc1cccc(N2C[C@@H](NC(=O)[C@@H]3CCc4nc[nH]c4C3)CC2=O)c1. The Kier molecular flexibility index (Phi) is 4.36. The van der Waals surface area contributed by atoms with E-state index in [4.69, 9.17) is 4.74 Å². The number of aromatic amines is 1. The highest BCUT2D eigenvalue weighted by molar-refractivity contribution is 5.97. The van der Waals surface area contributed by atoms with Gasteiger partial charge >= 0.3 is 0 Å². The largest absolute Gasteiger partial charge is 0.497 e. The van der Waals surface area contributed by atoms with Gasteiger partial charge < -0.3 is 19.9 Å². The van der Waals surface area contributed by atoms with E-state index >= 15 is 0 Å². The zero-order valence-corrected chi connectivity index (χ0v) is 14.7. The third-order valence-corrected chi connectivity index (χ3v) is 5.19. The number of rotatable bonds is 4. The van der Waals surface area contributed by atoms with Crippen LogP contribution in [0.15, 0.2) is 30.6 Å². The summed E-state index contributed by atoms with van der Waals surface area (Å²) in [5.74, 6) is 0.683. The molecule has 7 heteroatoms. The molecule has 4 rings (SSSR count). The number of carbonyl (C=O) groups is 2. The van der Waals surface area contributed by atoms with Gasteiger partial charge in [-0.2, -0.15) is 0 Å². The van der Waals surface area contributed by atoms with Crippen molar-refractivity contribution in [2.75, 3.05) is 18.6 Å². The molecule has 2 amide bonds. The van der Waals surface area contributed by atoms with Gasteiger partial charge in [0.1, 0.15) is 5.75 Å². The third-order valence-electron chi connectivity index (χ3n) is 5.19. The fourth-order valence-electron chi connectivity index (χ4n) is 3.78. The molecule has 2 N–H and O–H groups in total. The summed E-state index contributed by atoms with van der Waals surface area (Å²) in [6, 6.07) is 7.26. The number of hydrogen-bond donors (Lipinski definition) is 2. The van der Waals surface area contributed by atoms with Crippen LogP contribution < -0.4 is 15.0 Å². The molecule has 1 aromatic carbocycles. The van der Waals surface area contributed by atoms with E-state index in [-0.39, 0.29) is 23.8 Å². The van der Waals surface area contributed by atoms with Gasteiger partial charge in [-0.15, -0.1) is 0 Å². The Labute approximate surface area is 151 Å². The van der Waals surface area contributed by atoms with Gasteiger partial charge in [0.2, 0.25) is 11.8 Å². The van der Waals surface area contributed by atoms with Crippen LogP contribution in [0.4, 0.5) is 5.69 Å². The molecule has 1 aromatic heterocycles. The van der Waals surface area contributed by atoms with E-state index in [0.717, 1.165) is 29.9 Å². The maximum absolute atomic E-state index is 12.6. The van der Waals surface area contributed by atoms with Crippen LogP contribution in [0.25, 0.3) is 0 Å². The molecular formula is C19H22N4O3. The summed E-state index contributed by atoms with van der Waals surface area (Å²) in [6.07, 6.45) is 4.30. The zero-order valence-electron chi connectivity index (χ0n) is 14.7. The molecule has 2 atom stereocenters. The lowest BCUT2D eigenvalue weighted by atomic mass is 9.89. The topological polar surface area (TPSA) is 87.3 Å². The Bertz CT molecular complexity index is 832. The number of methoxy groups -OCH3 is 1. The molecule has 0 saturated carbocycles. The van der Waals surface area contributed by atoms with Crippen LogP contribution in [0.3, 0.4) is 0 Å². The van der Waals surface area contributed by atoms with Crippen molar-refractivity contribution < 1.29 is 14.3 Å². The smallest absolute Gasteiger partial charge is 0.229 e. The minimum atomic E-state index is -0.163. The van der Waals surface area contributed by atoms with Crippen LogP contribution in [0.5, 0.6) is 5.75 Å². The first kappa shape index (κ1) is 16.6. The van der Waals surface area contributed by atoms with Crippen molar-refractivity contribution in [1.29, 1.82) is 0 Å². The van der Waals surface area contributed by atoms with Crippen molar-refractivity contribution >= 4 is 17.5 Å². The number of fused-ring (bicyclic) bond motifs is 1. The molecule has 136 valence electrons. The predicted octanol–water partition coefficient (Wildman–Crippen LogP) is 1.44. The molecule has 0 radical (unpaired) electrons.